The number of ether oxygens (including phenoxy) is 6. The van der Waals surface area contributed by atoms with E-state index in [1.807, 2.05) is 21.3 Å². The maximum Gasteiger partial charge on any atom is 0.303 e. The summed E-state index contributed by atoms with van der Waals surface area (Å²) in [6, 6.07) is 0.0801. The highest BCUT2D eigenvalue weighted by Gasteiger charge is 2.93. The first-order chi connectivity index (χ1) is 16.5. The minimum absolute atomic E-state index is 0.0221. The van der Waals surface area contributed by atoms with Gasteiger partial charge in [0.25, 0.3) is 0 Å². The molecule has 2 aliphatic heterocycles. The monoisotopic (exact) mass is 477 g/mol. The van der Waals surface area contributed by atoms with Crippen LogP contribution in [0.25, 0.3) is 0 Å². The van der Waals surface area contributed by atoms with E-state index in [1.54, 1.807) is 0 Å². The molecule has 2 saturated heterocycles. The highest BCUT2D eigenvalue weighted by molar-refractivity contribution is 5.67. The van der Waals surface area contributed by atoms with Gasteiger partial charge in [0.1, 0.15) is 18.5 Å². The summed E-state index contributed by atoms with van der Waals surface area (Å²) in [7, 11) is 5.52. The predicted octanol–water partition coefficient (Wildman–Crippen LogP) is 1.84. The van der Waals surface area contributed by atoms with E-state index in [4.69, 9.17) is 28.4 Å². The SMILES string of the molecule is CCN1C[C@H]2CC[C@H](OC)[C@@]34[C@H]2[C@H](OC(C)=O)[C@]2(OCO[C@]25C[C@@H](OC)[C@@H]2C[C@H]3[C@H]5[C@@H]2OC)[C@H]14. The van der Waals surface area contributed by atoms with Crippen LogP contribution in [-0.2, 0) is 33.2 Å². The summed E-state index contributed by atoms with van der Waals surface area (Å²) in [5, 5.41) is 0. The first-order valence-corrected chi connectivity index (χ1v) is 13.2. The van der Waals surface area contributed by atoms with E-state index in [2.05, 4.69) is 11.8 Å². The largest absolute Gasteiger partial charge is 0.459 e. The topological polar surface area (TPSA) is 75.7 Å². The molecule has 3 spiro atoms. The molecule has 0 unspecified atom stereocenters. The van der Waals surface area contributed by atoms with Crippen molar-refractivity contribution in [2.45, 2.75) is 81.2 Å². The first kappa shape index (κ1) is 22.4. The summed E-state index contributed by atoms with van der Waals surface area (Å²) < 4.78 is 38.9. The number of rotatable bonds is 5. The van der Waals surface area contributed by atoms with Gasteiger partial charge in [0.05, 0.1) is 24.4 Å². The van der Waals surface area contributed by atoms with Crippen LogP contribution in [0, 0.1) is 35.0 Å². The van der Waals surface area contributed by atoms with Crippen molar-refractivity contribution in [2.75, 3.05) is 41.2 Å². The van der Waals surface area contributed by atoms with Crippen LogP contribution in [0.2, 0.25) is 0 Å². The molecular weight excluding hydrogens is 438 g/mol. The molecule has 7 rings (SSSR count). The number of piperidine rings is 1. The minimum atomic E-state index is -0.751. The van der Waals surface area contributed by atoms with Gasteiger partial charge in [-0.2, -0.15) is 0 Å². The number of carbonyl (C=O) groups excluding carboxylic acids is 1. The van der Waals surface area contributed by atoms with Gasteiger partial charge in [-0.3, -0.25) is 9.69 Å². The van der Waals surface area contributed by atoms with Gasteiger partial charge in [0.2, 0.25) is 0 Å². The van der Waals surface area contributed by atoms with E-state index in [0.29, 0.717) is 17.8 Å². The molecule has 0 N–H and O–H groups in total. The fourth-order valence-electron chi connectivity index (χ4n) is 11.3. The lowest BCUT2D eigenvalue weighted by molar-refractivity contribution is -0.275. The molecule has 0 aromatic rings. The number of hydrogen-bond acceptors (Lipinski definition) is 8. The summed E-state index contributed by atoms with van der Waals surface area (Å²) in [6.45, 7) is 5.96. The second-order valence-electron chi connectivity index (χ2n) is 11.9. The number of hydrogen-bond donors (Lipinski definition) is 0. The molecule has 0 radical (unpaired) electrons. The van der Waals surface area contributed by atoms with E-state index >= 15 is 0 Å². The highest BCUT2D eigenvalue weighted by Crippen LogP contribution is 2.81. The molecule has 0 amide bonds. The quantitative estimate of drug-likeness (QED) is 0.556. The number of esters is 1. The smallest absolute Gasteiger partial charge is 0.303 e. The third-order valence-corrected chi connectivity index (χ3v) is 11.6. The Bertz CT molecular complexity index is 885. The summed E-state index contributed by atoms with van der Waals surface area (Å²) in [4.78, 5) is 15.3. The molecule has 0 aromatic carbocycles. The van der Waals surface area contributed by atoms with Crippen molar-refractivity contribution in [1.82, 2.24) is 4.90 Å². The number of likely N-dealkylation sites (tertiary alicyclic amines) is 1. The number of likely N-dealkylation sites (N-methyl/N-ethyl adjacent to an activating group) is 1. The second kappa shape index (κ2) is 7.17. The zero-order chi connectivity index (χ0) is 23.6. The van der Waals surface area contributed by atoms with Gasteiger partial charge in [-0.15, -0.1) is 0 Å². The van der Waals surface area contributed by atoms with Gasteiger partial charge >= 0.3 is 5.97 Å². The Balaban J connectivity index is 1.55. The van der Waals surface area contributed by atoms with E-state index in [0.717, 1.165) is 38.8 Å². The molecule has 7 fully saturated rings. The van der Waals surface area contributed by atoms with Gasteiger partial charge in [0.15, 0.2) is 5.60 Å². The van der Waals surface area contributed by atoms with Crippen molar-refractivity contribution in [2.24, 2.45) is 35.0 Å². The predicted molar refractivity (Wildman–Crippen MR) is 120 cm³/mol. The van der Waals surface area contributed by atoms with Crippen LogP contribution in [0.4, 0.5) is 0 Å². The molecule has 5 aliphatic carbocycles. The van der Waals surface area contributed by atoms with Crippen molar-refractivity contribution < 1.29 is 33.2 Å². The third kappa shape index (κ3) is 2.11. The fraction of sp³-hybridized carbons (Fsp3) is 0.962. The zero-order valence-corrected chi connectivity index (χ0v) is 21.0. The van der Waals surface area contributed by atoms with Crippen LogP contribution in [0.5, 0.6) is 0 Å². The second-order valence-corrected chi connectivity index (χ2v) is 11.9. The highest BCUT2D eigenvalue weighted by atomic mass is 16.7. The first-order valence-electron chi connectivity index (χ1n) is 13.2. The summed E-state index contributed by atoms with van der Waals surface area (Å²) >= 11 is 0. The molecule has 0 aromatic heterocycles. The fourth-order valence-corrected chi connectivity index (χ4v) is 11.3. The minimum Gasteiger partial charge on any atom is -0.459 e. The number of fused-ring (bicyclic) bond motifs is 1. The van der Waals surface area contributed by atoms with Crippen molar-refractivity contribution in [3.63, 3.8) is 0 Å². The van der Waals surface area contributed by atoms with Crippen molar-refractivity contribution in [3.8, 4) is 0 Å². The summed E-state index contributed by atoms with van der Waals surface area (Å²) in [5.41, 5.74) is -1.53. The van der Waals surface area contributed by atoms with Crippen molar-refractivity contribution >= 4 is 5.97 Å². The average molecular weight is 478 g/mol. The standard InChI is InChI=1S/C26H39NO7/c1-6-27-11-14-7-8-18(30-4)25-16-9-15-17(29-3)10-24(20(16)21(15)31-5)26(23(25)27,33-12-32-24)22(19(14)25)34-13(2)28/h14-23H,6-12H2,1-5H3/t14-,15+,16+,17-,18+,19-,20+,21-,22+,23-,24+,25-,26+/m1/s1. The van der Waals surface area contributed by atoms with Crippen LogP contribution < -0.4 is 0 Å². The summed E-state index contributed by atoms with van der Waals surface area (Å²) in [5.74, 6) is 1.25. The Labute approximate surface area is 201 Å². The Hall–Kier alpha value is -0.770. The zero-order valence-electron chi connectivity index (χ0n) is 21.0. The van der Waals surface area contributed by atoms with Gasteiger partial charge in [-0.1, -0.05) is 6.92 Å². The molecule has 34 heavy (non-hydrogen) atoms. The maximum atomic E-state index is 12.7. The van der Waals surface area contributed by atoms with Crippen LogP contribution in [0.1, 0.15) is 39.5 Å². The lowest BCUT2D eigenvalue weighted by atomic mass is 9.45. The van der Waals surface area contributed by atoms with E-state index in [-0.39, 0.29) is 60.5 Å². The molecule has 7 bridgehead atoms. The molecule has 13 atom stereocenters. The number of methoxy groups -OCH3 is 3. The van der Waals surface area contributed by atoms with Crippen LogP contribution in [0.3, 0.4) is 0 Å². The Morgan fingerprint density at radius 2 is 1.91 bits per heavy atom. The van der Waals surface area contributed by atoms with E-state index < -0.39 is 11.2 Å². The molecule has 190 valence electrons. The van der Waals surface area contributed by atoms with Crippen LogP contribution in [0.15, 0.2) is 0 Å². The van der Waals surface area contributed by atoms with Crippen molar-refractivity contribution in [3.05, 3.63) is 0 Å². The molecule has 7 aliphatic rings. The Kier molecular flexibility index (Phi) is 4.73. The molecule has 2 heterocycles. The molecule has 8 heteroatoms. The van der Waals surface area contributed by atoms with Crippen LogP contribution in [-0.4, -0.2) is 93.7 Å². The lowest BCUT2D eigenvalue weighted by Crippen LogP contribution is -2.80. The average Bonchev–Trinajstić information content (AvgIpc) is 3.40. The van der Waals surface area contributed by atoms with Gasteiger partial charge in [0, 0.05) is 64.4 Å². The maximum absolute atomic E-state index is 12.7. The van der Waals surface area contributed by atoms with Crippen LogP contribution >= 0.6 is 0 Å². The summed E-state index contributed by atoms with van der Waals surface area (Å²) in [6.07, 6.45) is 3.72. The van der Waals surface area contributed by atoms with Gasteiger partial charge in [-0.25, -0.2) is 0 Å². The normalized spacial score (nSPS) is 58.6. The third-order valence-electron chi connectivity index (χ3n) is 11.6. The molecule has 8 nitrogen and oxygen atoms in total. The Morgan fingerprint density at radius 3 is 2.59 bits per heavy atom. The van der Waals surface area contributed by atoms with Crippen molar-refractivity contribution in [1.29, 1.82) is 0 Å². The van der Waals surface area contributed by atoms with E-state index in [9.17, 15) is 4.79 Å². The molecular formula is C26H39NO7. The lowest BCUT2D eigenvalue weighted by Gasteiger charge is -2.67. The molecule has 5 saturated carbocycles. The number of nitrogens with zero attached hydrogens (tertiary/aromatic N) is 1. The Morgan fingerprint density at radius 1 is 1.09 bits per heavy atom. The number of carbonyl (C=O) groups is 1. The van der Waals surface area contributed by atoms with E-state index in [1.165, 1.54) is 6.92 Å². The van der Waals surface area contributed by atoms with Gasteiger partial charge < -0.3 is 28.4 Å². The van der Waals surface area contributed by atoms with Gasteiger partial charge in [-0.05, 0) is 37.6 Å².